The van der Waals surface area contributed by atoms with Crippen LogP contribution in [0.25, 0.3) is 0 Å². The van der Waals surface area contributed by atoms with E-state index in [9.17, 15) is 9.59 Å². The molecule has 1 aromatic carbocycles. The molecule has 21 heavy (non-hydrogen) atoms. The van der Waals surface area contributed by atoms with Crippen LogP contribution in [0, 0.1) is 12.8 Å². The Morgan fingerprint density at radius 2 is 1.67 bits per heavy atom. The molecular weight excluding hydrogens is 264 g/mol. The Hall–Kier alpha value is -1.84. The maximum atomic E-state index is 12.5. The zero-order chi connectivity index (χ0) is 14.8. The number of amides is 2. The summed E-state index contributed by atoms with van der Waals surface area (Å²) in [5, 5.41) is 3.01. The number of likely N-dealkylation sites (tertiary alicyclic amines) is 1. The third-order valence-electron chi connectivity index (χ3n) is 4.39. The molecule has 2 amide bonds. The number of benzene rings is 1. The molecule has 1 heterocycles. The molecule has 0 bridgehead atoms. The Morgan fingerprint density at radius 1 is 1.05 bits per heavy atom. The van der Waals surface area contributed by atoms with Gasteiger partial charge in [-0.15, -0.1) is 0 Å². The molecule has 1 saturated carbocycles. The second-order valence-electron chi connectivity index (χ2n) is 6.22. The molecule has 2 aliphatic rings. The molecule has 2 fully saturated rings. The second kappa shape index (κ2) is 5.88. The molecule has 0 spiro atoms. The van der Waals surface area contributed by atoms with Crippen molar-refractivity contribution in [3.63, 3.8) is 0 Å². The summed E-state index contributed by atoms with van der Waals surface area (Å²) in [6, 6.07) is 8.20. The van der Waals surface area contributed by atoms with Crippen LogP contribution in [0.4, 0.5) is 4.79 Å². The van der Waals surface area contributed by atoms with E-state index in [-0.39, 0.29) is 17.7 Å². The van der Waals surface area contributed by atoms with Gasteiger partial charge in [-0.25, -0.2) is 4.79 Å². The average molecular weight is 286 g/mol. The van der Waals surface area contributed by atoms with Crippen LogP contribution in [0.15, 0.2) is 24.3 Å². The SMILES string of the molecule is Cc1ccc(C(=O)C2CCN(C(=O)NC3CC3)CC2)cc1. The highest BCUT2D eigenvalue weighted by atomic mass is 16.2. The van der Waals surface area contributed by atoms with Crippen molar-refractivity contribution in [2.75, 3.05) is 13.1 Å². The topological polar surface area (TPSA) is 49.4 Å². The minimum atomic E-state index is 0.0405. The first-order chi connectivity index (χ1) is 10.1. The van der Waals surface area contributed by atoms with E-state index < -0.39 is 0 Å². The van der Waals surface area contributed by atoms with Gasteiger partial charge in [0.2, 0.25) is 0 Å². The van der Waals surface area contributed by atoms with Gasteiger partial charge in [0.1, 0.15) is 0 Å². The quantitative estimate of drug-likeness (QED) is 0.869. The summed E-state index contributed by atoms with van der Waals surface area (Å²) < 4.78 is 0. The summed E-state index contributed by atoms with van der Waals surface area (Å²) in [6.07, 6.45) is 3.75. The summed E-state index contributed by atoms with van der Waals surface area (Å²) in [5.41, 5.74) is 1.96. The maximum absolute atomic E-state index is 12.5. The van der Waals surface area contributed by atoms with Gasteiger partial charge in [-0.05, 0) is 32.6 Å². The second-order valence-corrected chi connectivity index (χ2v) is 6.22. The molecule has 0 unspecified atom stereocenters. The predicted molar refractivity (Wildman–Crippen MR) is 81.4 cm³/mol. The largest absolute Gasteiger partial charge is 0.335 e. The van der Waals surface area contributed by atoms with Crippen molar-refractivity contribution in [3.05, 3.63) is 35.4 Å². The Balaban J connectivity index is 1.53. The Morgan fingerprint density at radius 3 is 2.24 bits per heavy atom. The highest BCUT2D eigenvalue weighted by Gasteiger charge is 2.30. The fourth-order valence-corrected chi connectivity index (χ4v) is 2.79. The molecule has 0 atom stereocenters. The van der Waals surface area contributed by atoms with E-state index in [1.54, 1.807) is 0 Å². The van der Waals surface area contributed by atoms with Gasteiger partial charge < -0.3 is 10.2 Å². The number of rotatable bonds is 3. The van der Waals surface area contributed by atoms with E-state index in [0.29, 0.717) is 19.1 Å². The Bertz CT molecular complexity index is 526. The number of nitrogens with zero attached hydrogens (tertiary/aromatic N) is 1. The van der Waals surface area contributed by atoms with Crippen molar-refractivity contribution >= 4 is 11.8 Å². The number of carbonyl (C=O) groups excluding carboxylic acids is 2. The van der Waals surface area contributed by atoms with E-state index in [1.165, 1.54) is 0 Å². The van der Waals surface area contributed by atoms with Crippen LogP contribution in [0.5, 0.6) is 0 Å². The van der Waals surface area contributed by atoms with Crippen LogP contribution in [-0.4, -0.2) is 35.8 Å². The van der Waals surface area contributed by atoms with Crippen LogP contribution in [-0.2, 0) is 0 Å². The molecule has 1 aromatic rings. The van der Waals surface area contributed by atoms with Crippen LogP contribution < -0.4 is 5.32 Å². The number of hydrogen-bond donors (Lipinski definition) is 1. The van der Waals surface area contributed by atoms with Gasteiger partial charge in [0.05, 0.1) is 0 Å². The van der Waals surface area contributed by atoms with Crippen molar-refractivity contribution in [3.8, 4) is 0 Å². The number of Topliss-reactive ketones (excluding diaryl/α,β-unsaturated/α-hetero) is 1. The van der Waals surface area contributed by atoms with Gasteiger partial charge >= 0.3 is 6.03 Å². The average Bonchev–Trinajstić information content (AvgIpc) is 3.31. The van der Waals surface area contributed by atoms with Gasteiger partial charge in [-0.1, -0.05) is 29.8 Å². The highest BCUT2D eigenvalue weighted by Crippen LogP contribution is 2.23. The third-order valence-corrected chi connectivity index (χ3v) is 4.39. The maximum Gasteiger partial charge on any atom is 0.317 e. The standard InChI is InChI=1S/C17H22N2O2/c1-12-2-4-13(5-3-12)16(20)14-8-10-19(11-9-14)17(21)18-15-6-7-15/h2-5,14-15H,6-11H2,1H3,(H,18,21). The van der Waals surface area contributed by atoms with Crippen molar-refractivity contribution < 1.29 is 9.59 Å². The number of aryl methyl sites for hydroxylation is 1. The molecule has 4 heteroatoms. The monoisotopic (exact) mass is 286 g/mol. The molecular formula is C17H22N2O2. The van der Waals surface area contributed by atoms with Gasteiger partial charge in [-0.2, -0.15) is 0 Å². The first kappa shape index (κ1) is 14.1. The lowest BCUT2D eigenvalue weighted by atomic mass is 9.89. The van der Waals surface area contributed by atoms with Crippen LogP contribution in [0.1, 0.15) is 41.6 Å². The van der Waals surface area contributed by atoms with Crippen LogP contribution >= 0.6 is 0 Å². The van der Waals surface area contributed by atoms with Gasteiger partial charge in [-0.3, -0.25) is 4.79 Å². The van der Waals surface area contributed by atoms with Gasteiger partial charge in [0.25, 0.3) is 0 Å². The molecule has 1 aliphatic carbocycles. The minimum absolute atomic E-state index is 0.0405. The predicted octanol–water partition coefficient (Wildman–Crippen LogP) is 2.76. The summed E-state index contributed by atoms with van der Waals surface area (Å²) in [6.45, 7) is 3.38. The number of ketones is 1. The zero-order valence-electron chi connectivity index (χ0n) is 12.5. The van der Waals surface area contributed by atoms with E-state index in [4.69, 9.17) is 0 Å². The normalized spacial score (nSPS) is 19.4. The summed E-state index contributed by atoms with van der Waals surface area (Å²) >= 11 is 0. The molecule has 1 N–H and O–H groups in total. The highest BCUT2D eigenvalue weighted by molar-refractivity contribution is 5.98. The molecule has 0 radical (unpaired) electrons. The van der Waals surface area contributed by atoms with Crippen LogP contribution in [0.3, 0.4) is 0 Å². The molecule has 3 rings (SSSR count). The lowest BCUT2D eigenvalue weighted by Crippen LogP contribution is -2.46. The zero-order valence-corrected chi connectivity index (χ0v) is 12.5. The number of carbonyl (C=O) groups is 2. The fourth-order valence-electron chi connectivity index (χ4n) is 2.79. The van der Waals surface area contributed by atoms with E-state index in [2.05, 4.69) is 5.32 Å². The van der Waals surface area contributed by atoms with E-state index in [0.717, 1.165) is 36.8 Å². The Kier molecular flexibility index (Phi) is 3.95. The van der Waals surface area contributed by atoms with E-state index in [1.807, 2.05) is 36.1 Å². The molecule has 4 nitrogen and oxygen atoms in total. The Labute approximate surface area is 125 Å². The third kappa shape index (κ3) is 3.43. The van der Waals surface area contributed by atoms with E-state index >= 15 is 0 Å². The summed E-state index contributed by atoms with van der Waals surface area (Å²) in [4.78, 5) is 26.3. The number of hydrogen-bond acceptors (Lipinski definition) is 2. The molecule has 1 aliphatic heterocycles. The first-order valence-electron chi connectivity index (χ1n) is 7.80. The van der Waals surface area contributed by atoms with Gasteiger partial charge in [0, 0.05) is 30.6 Å². The van der Waals surface area contributed by atoms with Crippen LogP contribution in [0.2, 0.25) is 0 Å². The molecule has 112 valence electrons. The van der Waals surface area contributed by atoms with Crippen molar-refractivity contribution in [2.24, 2.45) is 5.92 Å². The van der Waals surface area contributed by atoms with Gasteiger partial charge in [0.15, 0.2) is 5.78 Å². The lowest BCUT2D eigenvalue weighted by Gasteiger charge is -2.31. The fraction of sp³-hybridized carbons (Fsp3) is 0.529. The smallest absolute Gasteiger partial charge is 0.317 e. The van der Waals surface area contributed by atoms with Crippen molar-refractivity contribution in [1.82, 2.24) is 10.2 Å². The summed E-state index contributed by atoms with van der Waals surface area (Å²) in [7, 11) is 0. The minimum Gasteiger partial charge on any atom is -0.335 e. The molecule has 0 aromatic heterocycles. The number of urea groups is 1. The number of nitrogens with one attached hydrogen (secondary N) is 1. The summed E-state index contributed by atoms with van der Waals surface area (Å²) in [5.74, 6) is 0.273. The van der Waals surface area contributed by atoms with Crippen molar-refractivity contribution in [2.45, 2.75) is 38.6 Å². The number of piperidine rings is 1. The van der Waals surface area contributed by atoms with Crippen molar-refractivity contribution in [1.29, 1.82) is 0 Å². The molecule has 1 saturated heterocycles. The lowest BCUT2D eigenvalue weighted by molar-refractivity contribution is 0.0854. The first-order valence-corrected chi connectivity index (χ1v) is 7.80.